The van der Waals surface area contributed by atoms with Gasteiger partial charge in [-0.2, -0.15) is 5.26 Å². The maximum atomic E-state index is 9.18. The first kappa shape index (κ1) is 11.1. The van der Waals surface area contributed by atoms with Crippen LogP contribution in [0, 0.1) is 11.3 Å². The molecule has 2 rings (SSSR count). The van der Waals surface area contributed by atoms with E-state index in [1.54, 1.807) is 11.8 Å². The molecule has 1 aromatic rings. The van der Waals surface area contributed by atoms with Crippen molar-refractivity contribution in [3.8, 4) is 6.07 Å². The van der Waals surface area contributed by atoms with Gasteiger partial charge < -0.3 is 5.73 Å². The van der Waals surface area contributed by atoms with Crippen LogP contribution in [0.15, 0.2) is 40.9 Å². The summed E-state index contributed by atoms with van der Waals surface area (Å²) in [7, 11) is 0. The van der Waals surface area contributed by atoms with Crippen molar-refractivity contribution in [3.63, 3.8) is 0 Å². The zero-order chi connectivity index (χ0) is 11.5. The zero-order valence-electron chi connectivity index (χ0n) is 9.18. The standard InChI is InChI=1S/C13H14N2S/c1-2-11-12(9-6-4-3-5-7-9)10(8-14)13(15)16-11/h3-7,11-12H,2,15H2,1H3. The first-order chi connectivity index (χ1) is 7.77. The van der Waals surface area contributed by atoms with Gasteiger partial charge in [0.1, 0.15) is 0 Å². The molecule has 1 heterocycles. The third-order valence-electron chi connectivity index (χ3n) is 2.91. The summed E-state index contributed by atoms with van der Waals surface area (Å²) in [4.78, 5) is 0. The Morgan fingerprint density at radius 1 is 1.38 bits per heavy atom. The van der Waals surface area contributed by atoms with Crippen LogP contribution in [0.2, 0.25) is 0 Å². The topological polar surface area (TPSA) is 49.8 Å². The molecule has 2 unspecified atom stereocenters. The average Bonchev–Trinajstić information content (AvgIpc) is 2.66. The predicted molar refractivity (Wildman–Crippen MR) is 67.7 cm³/mol. The minimum absolute atomic E-state index is 0.168. The van der Waals surface area contributed by atoms with Crippen LogP contribution < -0.4 is 5.73 Å². The Balaban J connectivity index is 2.41. The van der Waals surface area contributed by atoms with Crippen LogP contribution in [0.25, 0.3) is 0 Å². The summed E-state index contributed by atoms with van der Waals surface area (Å²) in [5.41, 5.74) is 7.84. The molecule has 1 aromatic carbocycles. The first-order valence-corrected chi connectivity index (χ1v) is 6.27. The van der Waals surface area contributed by atoms with Crippen LogP contribution in [0.5, 0.6) is 0 Å². The Hall–Kier alpha value is -1.40. The SMILES string of the molecule is CCC1SC(N)=C(C#N)C1c1ccccc1. The van der Waals surface area contributed by atoms with Crippen LogP contribution in [0.1, 0.15) is 24.8 Å². The van der Waals surface area contributed by atoms with Crippen LogP contribution in [-0.2, 0) is 0 Å². The number of allylic oxidation sites excluding steroid dienone is 1. The average molecular weight is 230 g/mol. The summed E-state index contributed by atoms with van der Waals surface area (Å²) < 4.78 is 0. The van der Waals surface area contributed by atoms with Gasteiger partial charge in [-0.25, -0.2) is 0 Å². The number of rotatable bonds is 2. The van der Waals surface area contributed by atoms with E-state index >= 15 is 0 Å². The molecule has 0 aromatic heterocycles. The number of nitrogens with two attached hydrogens (primary N) is 1. The molecule has 0 amide bonds. The highest BCUT2D eigenvalue weighted by molar-refractivity contribution is 8.03. The van der Waals surface area contributed by atoms with Gasteiger partial charge in [0.05, 0.1) is 16.7 Å². The second-order valence-electron chi connectivity index (χ2n) is 3.84. The lowest BCUT2D eigenvalue weighted by atomic mass is 9.88. The second-order valence-corrected chi connectivity index (χ2v) is 5.12. The summed E-state index contributed by atoms with van der Waals surface area (Å²) in [5.74, 6) is 0.168. The monoisotopic (exact) mass is 230 g/mol. The summed E-state index contributed by atoms with van der Waals surface area (Å²) in [6, 6.07) is 12.4. The van der Waals surface area contributed by atoms with E-state index in [1.165, 1.54) is 5.56 Å². The molecule has 16 heavy (non-hydrogen) atoms. The van der Waals surface area contributed by atoms with Gasteiger partial charge >= 0.3 is 0 Å². The van der Waals surface area contributed by atoms with E-state index in [2.05, 4.69) is 25.1 Å². The van der Waals surface area contributed by atoms with Crippen molar-refractivity contribution in [2.45, 2.75) is 24.5 Å². The quantitative estimate of drug-likeness (QED) is 0.849. The van der Waals surface area contributed by atoms with E-state index in [0.717, 1.165) is 12.0 Å². The third-order valence-corrected chi connectivity index (χ3v) is 4.29. The Bertz CT molecular complexity index is 445. The number of nitrogens with zero attached hydrogens (tertiary/aromatic N) is 1. The van der Waals surface area contributed by atoms with Crippen molar-refractivity contribution in [1.82, 2.24) is 0 Å². The lowest BCUT2D eigenvalue weighted by Gasteiger charge is -2.18. The molecule has 0 spiro atoms. The molecule has 82 valence electrons. The maximum absolute atomic E-state index is 9.18. The summed E-state index contributed by atoms with van der Waals surface area (Å²) in [6.45, 7) is 2.14. The largest absolute Gasteiger partial charge is 0.393 e. The summed E-state index contributed by atoms with van der Waals surface area (Å²) in [6.07, 6.45) is 1.02. The fourth-order valence-electron chi connectivity index (χ4n) is 2.12. The summed E-state index contributed by atoms with van der Waals surface area (Å²) in [5, 5.41) is 10.3. The lowest BCUT2D eigenvalue weighted by molar-refractivity contribution is 0.731. The molecule has 0 aliphatic carbocycles. The van der Waals surface area contributed by atoms with Gasteiger partial charge in [-0.1, -0.05) is 37.3 Å². The Morgan fingerprint density at radius 3 is 2.62 bits per heavy atom. The first-order valence-electron chi connectivity index (χ1n) is 5.39. The predicted octanol–water partition coefficient (Wildman–Crippen LogP) is 2.99. The number of nitriles is 1. The Kier molecular flexibility index (Phi) is 3.21. The minimum atomic E-state index is 0.168. The highest BCUT2D eigenvalue weighted by Crippen LogP contribution is 2.46. The number of hydrogen-bond acceptors (Lipinski definition) is 3. The normalized spacial score (nSPS) is 24.5. The van der Waals surface area contributed by atoms with E-state index in [9.17, 15) is 5.26 Å². The fourth-order valence-corrected chi connectivity index (χ4v) is 3.34. The van der Waals surface area contributed by atoms with Crippen LogP contribution in [0.4, 0.5) is 0 Å². The highest BCUT2D eigenvalue weighted by Gasteiger charge is 2.34. The number of hydrogen-bond donors (Lipinski definition) is 1. The van der Waals surface area contributed by atoms with Gasteiger partial charge in [0.25, 0.3) is 0 Å². The van der Waals surface area contributed by atoms with Crippen molar-refractivity contribution >= 4 is 11.8 Å². The maximum Gasteiger partial charge on any atom is 0.0981 e. The molecule has 0 saturated carbocycles. The second kappa shape index (κ2) is 4.63. The molecule has 3 heteroatoms. The molecular weight excluding hydrogens is 216 g/mol. The van der Waals surface area contributed by atoms with Gasteiger partial charge in [-0.05, 0) is 12.0 Å². The van der Waals surface area contributed by atoms with Crippen molar-refractivity contribution in [2.75, 3.05) is 0 Å². The lowest BCUT2D eigenvalue weighted by Crippen LogP contribution is -2.11. The van der Waals surface area contributed by atoms with E-state index in [4.69, 9.17) is 5.73 Å². The van der Waals surface area contributed by atoms with Gasteiger partial charge in [0, 0.05) is 11.2 Å². The molecule has 0 radical (unpaired) electrons. The van der Waals surface area contributed by atoms with E-state index in [1.807, 2.05) is 18.2 Å². The molecule has 2 N–H and O–H groups in total. The molecule has 2 nitrogen and oxygen atoms in total. The van der Waals surface area contributed by atoms with Gasteiger partial charge in [0.15, 0.2) is 0 Å². The van der Waals surface area contributed by atoms with Gasteiger partial charge in [-0.3, -0.25) is 0 Å². The Labute approximate surface area is 100 Å². The number of thioether (sulfide) groups is 1. The molecule has 1 aliphatic heterocycles. The van der Waals surface area contributed by atoms with Gasteiger partial charge in [0.2, 0.25) is 0 Å². The van der Waals surface area contributed by atoms with E-state index in [-0.39, 0.29) is 5.92 Å². The highest BCUT2D eigenvalue weighted by atomic mass is 32.2. The van der Waals surface area contributed by atoms with Crippen molar-refractivity contribution in [3.05, 3.63) is 46.5 Å². The van der Waals surface area contributed by atoms with Gasteiger partial charge in [-0.15, -0.1) is 11.8 Å². The van der Waals surface area contributed by atoms with Crippen molar-refractivity contribution in [1.29, 1.82) is 5.26 Å². The molecule has 0 fully saturated rings. The van der Waals surface area contributed by atoms with E-state index < -0.39 is 0 Å². The smallest absolute Gasteiger partial charge is 0.0981 e. The number of benzene rings is 1. The fraction of sp³-hybridized carbons (Fsp3) is 0.308. The Morgan fingerprint density at radius 2 is 2.06 bits per heavy atom. The van der Waals surface area contributed by atoms with E-state index in [0.29, 0.717) is 10.3 Å². The van der Waals surface area contributed by atoms with Crippen LogP contribution in [-0.4, -0.2) is 5.25 Å². The van der Waals surface area contributed by atoms with Crippen LogP contribution >= 0.6 is 11.8 Å². The van der Waals surface area contributed by atoms with Crippen molar-refractivity contribution in [2.24, 2.45) is 5.73 Å². The molecule has 1 aliphatic rings. The van der Waals surface area contributed by atoms with Crippen LogP contribution in [0.3, 0.4) is 0 Å². The minimum Gasteiger partial charge on any atom is -0.393 e. The van der Waals surface area contributed by atoms with Crippen molar-refractivity contribution < 1.29 is 0 Å². The molecular formula is C13H14N2S. The molecule has 0 bridgehead atoms. The molecule has 0 saturated heterocycles. The molecule has 2 atom stereocenters. The third kappa shape index (κ3) is 1.81. The summed E-state index contributed by atoms with van der Waals surface area (Å²) >= 11 is 1.64. The zero-order valence-corrected chi connectivity index (χ0v) is 10.00.